The van der Waals surface area contributed by atoms with Gasteiger partial charge in [0.25, 0.3) is 0 Å². The molecule has 16 heavy (non-hydrogen) atoms. The lowest BCUT2D eigenvalue weighted by Gasteiger charge is -2.15. The van der Waals surface area contributed by atoms with Crippen LogP contribution in [-0.2, 0) is 8.85 Å². The molecule has 2 N–H and O–H groups in total. The van der Waals surface area contributed by atoms with Crippen molar-refractivity contribution in [3.05, 3.63) is 0 Å². The van der Waals surface area contributed by atoms with Gasteiger partial charge in [0, 0.05) is 20.3 Å². The summed E-state index contributed by atoms with van der Waals surface area (Å²) in [6.07, 6.45) is 9.13. The molecule has 0 radical (unpaired) electrons. The van der Waals surface area contributed by atoms with E-state index in [-0.39, 0.29) is 0 Å². The lowest BCUT2D eigenvalue weighted by molar-refractivity contribution is 0.276. The minimum atomic E-state index is -1.21. The number of nitrogens with two attached hydrogens (primary N) is 1. The predicted molar refractivity (Wildman–Crippen MR) is 71.9 cm³/mol. The van der Waals surface area contributed by atoms with Crippen LogP contribution in [0.15, 0.2) is 0 Å². The third-order valence-corrected chi connectivity index (χ3v) is 4.90. The fraction of sp³-hybridized carbons (Fsp3) is 1.00. The second-order valence-electron chi connectivity index (χ2n) is 4.44. The van der Waals surface area contributed by atoms with Crippen LogP contribution in [0.3, 0.4) is 0 Å². The summed E-state index contributed by atoms with van der Waals surface area (Å²) in [4.78, 5) is 0. The number of hydrogen-bond donors (Lipinski definition) is 1. The zero-order chi connectivity index (χ0) is 12.2. The molecular weight excluding hydrogens is 218 g/mol. The topological polar surface area (TPSA) is 44.5 Å². The molecule has 0 bridgehead atoms. The van der Waals surface area contributed by atoms with Crippen LogP contribution in [0, 0.1) is 0 Å². The summed E-state index contributed by atoms with van der Waals surface area (Å²) in [6, 6.07) is 1.68. The van der Waals surface area contributed by atoms with Crippen LogP contribution in [0.5, 0.6) is 0 Å². The van der Waals surface area contributed by atoms with E-state index in [1.165, 1.54) is 44.9 Å². The van der Waals surface area contributed by atoms with Gasteiger partial charge in [-0.25, -0.2) is 0 Å². The van der Waals surface area contributed by atoms with E-state index in [2.05, 4.69) is 6.92 Å². The van der Waals surface area contributed by atoms with E-state index in [1.54, 1.807) is 14.2 Å². The van der Waals surface area contributed by atoms with E-state index in [1.807, 2.05) is 0 Å². The van der Waals surface area contributed by atoms with E-state index >= 15 is 0 Å². The second-order valence-corrected chi connectivity index (χ2v) is 6.82. The fourth-order valence-electron chi connectivity index (χ4n) is 1.84. The number of unbranched alkanes of at least 4 members (excludes halogenated alkanes) is 1. The average Bonchev–Trinajstić information content (AvgIpc) is 2.32. The van der Waals surface area contributed by atoms with Gasteiger partial charge in [-0.05, 0) is 18.9 Å². The Morgan fingerprint density at radius 1 is 1.12 bits per heavy atom. The number of hydrogen-bond acceptors (Lipinski definition) is 3. The maximum absolute atomic E-state index is 5.63. The van der Waals surface area contributed by atoms with Crippen molar-refractivity contribution in [2.75, 3.05) is 14.2 Å². The first-order valence-corrected chi connectivity index (χ1v) is 8.31. The summed E-state index contributed by atoms with van der Waals surface area (Å²) in [5.41, 5.74) is 5.63. The quantitative estimate of drug-likeness (QED) is 0.760. The Bertz CT molecular complexity index is 137. The summed E-state index contributed by atoms with van der Waals surface area (Å²) in [6.45, 7) is 2.18. The maximum Gasteiger partial charge on any atom is 0.320 e. The monoisotopic (exact) mass is 247 g/mol. The Morgan fingerprint density at radius 2 is 1.69 bits per heavy atom. The molecule has 0 saturated heterocycles. The molecule has 0 spiro atoms. The van der Waals surface area contributed by atoms with E-state index in [4.69, 9.17) is 14.6 Å². The average molecular weight is 247 g/mol. The number of rotatable bonds is 5. The van der Waals surface area contributed by atoms with E-state index in [0.717, 1.165) is 6.04 Å². The standard InChI is InChI=1S/C6H13N.C6H16O2Si/c7-6-4-2-1-3-5-6;1-4-5-6-9(7-2)8-3/h6H,1-5,7H2;9H,4-6H2,1-3H3. The van der Waals surface area contributed by atoms with Gasteiger partial charge in [-0.3, -0.25) is 0 Å². The van der Waals surface area contributed by atoms with Crippen LogP contribution in [0.4, 0.5) is 0 Å². The van der Waals surface area contributed by atoms with Gasteiger partial charge in [-0.1, -0.05) is 39.0 Å². The van der Waals surface area contributed by atoms with Gasteiger partial charge >= 0.3 is 9.28 Å². The molecule has 0 aromatic heterocycles. The first kappa shape index (κ1) is 16.1. The molecule has 1 saturated carbocycles. The van der Waals surface area contributed by atoms with Crippen molar-refractivity contribution in [1.29, 1.82) is 0 Å². The van der Waals surface area contributed by atoms with Gasteiger partial charge in [-0.15, -0.1) is 0 Å². The maximum atomic E-state index is 5.63. The zero-order valence-corrected chi connectivity index (χ0v) is 12.4. The van der Waals surface area contributed by atoms with Crippen LogP contribution in [-0.4, -0.2) is 29.5 Å². The third kappa shape index (κ3) is 9.33. The highest BCUT2D eigenvalue weighted by molar-refractivity contribution is 6.44. The molecule has 0 atom stereocenters. The first-order valence-electron chi connectivity index (χ1n) is 6.55. The summed E-state index contributed by atoms with van der Waals surface area (Å²) >= 11 is 0. The lowest BCUT2D eigenvalue weighted by Crippen LogP contribution is -2.22. The molecule has 0 heterocycles. The second kappa shape index (κ2) is 11.6. The van der Waals surface area contributed by atoms with Crippen molar-refractivity contribution in [1.82, 2.24) is 0 Å². The van der Waals surface area contributed by atoms with Crippen molar-refractivity contribution < 1.29 is 8.85 Å². The van der Waals surface area contributed by atoms with Crippen molar-refractivity contribution in [2.45, 2.75) is 64.0 Å². The van der Waals surface area contributed by atoms with Crippen LogP contribution < -0.4 is 5.73 Å². The Labute approximate surface area is 103 Å². The van der Waals surface area contributed by atoms with E-state index in [0.29, 0.717) is 6.04 Å². The molecule has 1 aliphatic rings. The van der Waals surface area contributed by atoms with E-state index in [9.17, 15) is 0 Å². The molecule has 3 nitrogen and oxygen atoms in total. The van der Waals surface area contributed by atoms with Gasteiger partial charge in [0.15, 0.2) is 0 Å². The Balaban J connectivity index is 0.000000288. The molecule has 1 aliphatic carbocycles. The predicted octanol–water partition coefficient (Wildman–Crippen LogP) is 2.58. The van der Waals surface area contributed by atoms with Crippen LogP contribution in [0.2, 0.25) is 6.04 Å². The van der Waals surface area contributed by atoms with Gasteiger partial charge < -0.3 is 14.6 Å². The van der Waals surface area contributed by atoms with Crippen molar-refractivity contribution in [3.63, 3.8) is 0 Å². The van der Waals surface area contributed by atoms with Crippen molar-refractivity contribution >= 4 is 9.28 Å². The summed E-state index contributed by atoms with van der Waals surface area (Å²) in [5.74, 6) is 0. The first-order chi connectivity index (χ1) is 7.74. The van der Waals surface area contributed by atoms with Crippen molar-refractivity contribution in [3.8, 4) is 0 Å². The van der Waals surface area contributed by atoms with Crippen LogP contribution in [0.1, 0.15) is 51.9 Å². The molecule has 0 aliphatic heterocycles. The minimum absolute atomic E-state index is 0.536. The van der Waals surface area contributed by atoms with Gasteiger partial charge in [0.2, 0.25) is 0 Å². The smallest absolute Gasteiger partial charge is 0.320 e. The zero-order valence-electron chi connectivity index (χ0n) is 11.2. The van der Waals surface area contributed by atoms with Gasteiger partial charge in [-0.2, -0.15) is 0 Å². The molecule has 4 heteroatoms. The van der Waals surface area contributed by atoms with Gasteiger partial charge in [0.05, 0.1) is 0 Å². The molecule has 1 rings (SSSR count). The Hall–Kier alpha value is 0.0969. The van der Waals surface area contributed by atoms with Crippen LogP contribution >= 0.6 is 0 Å². The summed E-state index contributed by atoms with van der Waals surface area (Å²) in [7, 11) is 2.25. The van der Waals surface area contributed by atoms with Crippen LogP contribution in [0.25, 0.3) is 0 Å². The summed E-state index contributed by atoms with van der Waals surface area (Å²) in [5, 5.41) is 0. The fourth-order valence-corrected chi connectivity index (χ4v) is 3.24. The Kier molecular flexibility index (Phi) is 11.6. The van der Waals surface area contributed by atoms with E-state index < -0.39 is 9.28 Å². The lowest BCUT2D eigenvalue weighted by atomic mass is 9.97. The molecule has 98 valence electrons. The highest BCUT2D eigenvalue weighted by Gasteiger charge is 2.06. The SMILES string of the molecule is CCCC[SiH](OC)OC.NC1CCCCC1. The summed E-state index contributed by atoms with van der Waals surface area (Å²) < 4.78 is 10.2. The molecule has 0 amide bonds. The molecule has 0 aromatic rings. The Morgan fingerprint density at radius 3 is 2.00 bits per heavy atom. The molecule has 0 unspecified atom stereocenters. The highest BCUT2D eigenvalue weighted by Crippen LogP contribution is 2.14. The molecule has 0 aromatic carbocycles. The minimum Gasteiger partial charge on any atom is -0.400 e. The van der Waals surface area contributed by atoms with Gasteiger partial charge in [0.1, 0.15) is 0 Å². The largest absolute Gasteiger partial charge is 0.400 e. The normalized spacial score (nSPS) is 17.1. The third-order valence-electron chi connectivity index (χ3n) is 2.97. The van der Waals surface area contributed by atoms with Crippen molar-refractivity contribution in [2.24, 2.45) is 5.73 Å². The molecule has 1 fully saturated rings. The highest BCUT2D eigenvalue weighted by atomic mass is 28.3. The molecular formula is C12H29NO2Si.